The molecule has 0 spiro atoms. The van der Waals surface area contributed by atoms with Gasteiger partial charge in [-0.1, -0.05) is 0 Å². The van der Waals surface area contributed by atoms with Gasteiger partial charge in [-0.25, -0.2) is 4.39 Å². The molecule has 2 nitrogen and oxygen atoms in total. The lowest BCUT2D eigenvalue weighted by Crippen LogP contribution is -2.40. The van der Waals surface area contributed by atoms with Crippen LogP contribution >= 0.6 is 0 Å². The summed E-state index contributed by atoms with van der Waals surface area (Å²) in [5, 5.41) is 3.38. The molecule has 0 saturated carbocycles. The van der Waals surface area contributed by atoms with Crippen LogP contribution in [0.15, 0.2) is 18.2 Å². The standard InChI is InChI=1S/C13H18FNO/c1-9-7-11(3-4-13(9)14)16-12-5-6-15-10(2)8-12/h3-4,7,10,12,15H,5-6,8H2,1-2H3. The summed E-state index contributed by atoms with van der Waals surface area (Å²) < 4.78 is 18.9. The highest BCUT2D eigenvalue weighted by Crippen LogP contribution is 2.20. The minimum absolute atomic E-state index is 0.175. The molecule has 1 heterocycles. The van der Waals surface area contributed by atoms with Crippen LogP contribution in [0.3, 0.4) is 0 Å². The zero-order valence-corrected chi connectivity index (χ0v) is 9.79. The van der Waals surface area contributed by atoms with Gasteiger partial charge in [-0.3, -0.25) is 0 Å². The Bertz CT molecular complexity index is 367. The molecule has 1 fully saturated rings. The highest BCUT2D eigenvalue weighted by Gasteiger charge is 2.19. The van der Waals surface area contributed by atoms with Crippen molar-refractivity contribution >= 4 is 0 Å². The minimum atomic E-state index is -0.175. The second kappa shape index (κ2) is 4.83. The van der Waals surface area contributed by atoms with E-state index < -0.39 is 0 Å². The van der Waals surface area contributed by atoms with Crippen LogP contribution in [0.5, 0.6) is 5.75 Å². The van der Waals surface area contributed by atoms with Crippen LogP contribution in [0.2, 0.25) is 0 Å². The molecule has 2 atom stereocenters. The lowest BCUT2D eigenvalue weighted by atomic mass is 10.0. The van der Waals surface area contributed by atoms with Crippen molar-refractivity contribution in [1.82, 2.24) is 5.32 Å². The van der Waals surface area contributed by atoms with Crippen LogP contribution in [0.1, 0.15) is 25.3 Å². The number of ether oxygens (including phenoxy) is 1. The van der Waals surface area contributed by atoms with E-state index in [0.29, 0.717) is 11.6 Å². The number of nitrogens with one attached hydrogen (secondary N) is 1. The molecule has 1 aliphatic heterocycles. The maximum Gasteiger partial charge on any atom is 0.126 e. The molecule has 0 bridgehead atoms. The molecular weight excluding hydrogens is 205 g/mol. The summed E-state index contributed by atoms with van der Waals surface area (Å²) in [5.74, 6) is 0.601. The normalized spacial score (nSPS) is 25.4. The first-order valence-corrected chi connectivity index (χ1v) is 5.81. The van der Waals surface area contributed by atoms with Crippen molar-refractivity contribution in [3.63, 3.8) is 0 Å². The summed E-state index contributed by atoms with van der Waals surface area (Å²) in [6.45, 7) is 4.91. The van der Waals surface area contributed by atoms with E-state index in [4.69, 9.17) is 4.74 Å². The Hall–Kier alpha value is -1.09. The third-order valence-corrected chi connectivity index (χ3v) is 3.01. The van der Waals surface area contributed by atoms with Crippen LogP contribution in [0.25, 0.3) is 0 Å². The molecule has 0 radical (unpaired) electrons. The maximum absolute atomic E-state index is 13.1. The van der Waals surface area contributed by atoms with E-state index >= 15 is 0 Å². The molecule has 0 aromatic heterocycles. The number of benzene rings is 1. The van der Waals surface area contributed by atoms with Crippen LogP contribution in [0, 0.1) is 12.7 Å². The molecule has 0 aliphatic carbocycles. The van der Waals surface area contributed by atoms with Crippen molar-refractivity contribution in [2.24, 2.45) is 0 Å². The van der Waals surface area contributed by atoms with E-state index in [1.165, 1.54) is 6.07 Å². The third kappa shape index (κ3) is 2.73. The van der Waals surface area contributed by atoms with E-state index in [0.717, 1.165) is 25.1 Å². The number of hydrogen-bond acceptors (Lipinski definition) is 2. The molecule has 2 unspecified atom stereocenters. The highest BCUT2D eigenvalue weighted by molar-refractivity contribution is 5.29. The first-order valence-electron chi connectivity index (χ1n) is 5.81. The zero-order chi connectivity index (χ0) is 11.5. The third-order valence-electron chi connectivity index (χ3n) is 3.01. The summed E-state index contributed by atoms with van der Waals surface area (Å²) in [6, 6.07) is 5.44. The van der Waals surface area contributed by atoms with Crippen molar-refractivity contribution in [3.8, 4) is 5.75 Å². The van der Waals surface area contributed by atoms with E-state index in [1.54, 1.807) is 19.1 Å². The SMILES string of the molecule is Cc1cc(OC2CCNC(C)C2)ccc1F. The lowest BCUT2D eigenvalue weighted by Gasteiger charge is -2.28. The van der Waals surface area contributed by atoms with Gasteiger partial charge < -0.3 is 10.1 Å². The van der Waals surface area contributed by atoms with Crippen LogP contribution in [0.4, 0.5) is 4.39 Å². The molecular formula is C13H18FNO. The topological polar surface area (TPSA) is 21.3 Å². The van der Waals surface area contributed by atoms with Gasteiger partial charge in [0.05, 0.1) is 0 Å². The van der Waals surface area contributed by atoms with Gasteiger partial charge in [0.15, 0.2) is 0 Å². The summed E-state index contributed by atoms with van der Waals surface area (Å²) >= 11 is 0. The average Bonchev–Trinajstić information content (AvgIpc) is 2.24. The van der Waals surface area contributed by atoms with Crippen molar-refractivity contribution < 1.29 is 9.13 Å². The molecule has 3 heteroatoms. The molecule has 1 aromatic rings. The fourth-order valence-electron chi connectivity index (χ4n) is 2.08. The molecule has 1 aliphatic rings. The van der Waals surface area contributed by atoms with Gasteiger partial charge >= 0.3 is 0 Å². The Morgan fingerprint density at radius 1 is 1.44 bits per heavy atom. The summed E-state index contributed by atoms with van der Waals surface area (Å²) in [6.07, 6.45) is 2.28. The average molecular weight is 223 g/mol. The fourth-order valence-corrected chi connectivity index (χ4v) is 2.08. The van der Waals surface area contributed by atoms with E-state index in [9.17, 15) is 4.39 Å². The number of hydrogen-bond donors (Lipinski definition) is 1. The van der Waals surface area contributed by atoms with Crippen LogP contribution in [-0.2, 0) is 0 Å². The van der Waals surface area contributed by atoms with Crippen molar-refractivity contribution in [3.05, 3.63) is 29.6 Å². The number of piperidine rings is 1. The van der Waals surface area contributed by atoms with Crippen molar-refractivity contribution in [2.45, 2.75) is 38.8 Å². The number of rotatable bonds is 2. The fraction of sp³-hybridized carbons (Fsp3) is 0.538. The maximum atomic E-state index is 13.1. The Balaban J connectivity index is 2.00. The molecule has 1 aromatic carbocycles. The predicted octanol–water partition coefficient (Wildman–Crippen LogP) is 2.65. The van der Waals surface area contributed by atoms with Gasteiger partial charge in [0.25, 0.3) is 0 Å². The molecule has 1 saturated heterocycles. The molecule has 0 amide bonds. The van der Waals surface area contributed by atoms with E-state index in [2.05, 4.69) is 12.2 Å². The lowest BCUT2D eigenvalue weighted by molar-refractivity contribution is 0.144. The number of halogens is 1. The highest BCUT2D eigenvalue weighted by atomic mass is 19.1. The van der Waals surface area contributed by atoms with Crippen LogP contribution in [-0.4, -0.2) is 18.7 Å². The molecule has 2 rings (SSSR count). The molecule has 88 valence electrons. The van der Waals surface area contributed by atoms with Gasteiger partial charge in [-0.05, 0) is 57.0 Å². The van der Waals surface area contributed by atoms with Crippen molar-refractivity contribution in [2.75, 3.05) is 6.54 Å². The second-order valence-electron chi connectivity index (χ2n) is 4.53. The van der Waals surface area contributed by atoms with Gasteiger partial charge in [-0.2, -0.15) is 0 Å². The van der Waals surface area contributed by atoms with Crippen molar-refractivity contribution in [1.29, 1.82) is 0 Å². The molecule has 16 heavy (non-hydrogen) atoms. The van der Waals surface area contributed by atoms with Gasteiger partial charge in [-0.15, -0.1) is 0 Å². The van der Waals surface area contributed by atoms with E-state index in [-0.39, 0.29) is 11.9 Å². The van der Waals surface area contributed by atoms with Gasteiger partial charge in [0.1, 0.15) is 17.7 Å². The van der Waals surface area contributed by atoms with Gasteiger partial charge in [0, 0.05) is 6.04 Å². The zero-order valence-electron chi connectivity index (χ0n) is 9.79. The first kappa shape index (κ1) is 11.4. The molecule has 1 N–H and O–H groups in total. The Labute approximate surface area is 95.8 Å². The van der Waals surface area contributed by atoms with Crippen LogP contribution < -0.4 is 10.1 Å². The Morgan fingerprint density at radius 3 is 2.94 bits per heavy atom. The van der Waals surface area contributed by atoms with E-state index in [1.807, 2.05) is 0 Å². The summed E-state index contributed by atoms with van der Waals surface area (Å²) in [4.78, 5) is 0. The summed E-state index contributed by atoms with van der Waals surface area (Å²) in [5.41, 5.74) is 0.638. The second-order valence-corrected chi connectivity index (χ2v) is 4.53. The Kier molecular flexibility index (Phi) is 3.44. The summed E-state index contributed by atoms with van der Waals surface area (Å²) in [7, 11) is 0. The number of aryl methyl sites for hydroxylation is 1. The smallest absolute Gasteiger partial charge is 0.126 e. The Morgan fingerprint density at radius 2 is 2.25 bits per heavy atom. The first-order chi connectivity index (χ1) is 7.65. The minimum Gasteiger partial charge on any atom is -0.490 e. The monoisotopic (exact) mass is 223 g/mol. The quantitative estimate of drug-likeness (QED) is 0.832. The predicted molar refractivity (Wildman–Crippen MR) is 62.3 cm³/mol. The van der Waals surface area contributed by atoms with Gasteiger partial charge in [0.2, 0.25) is 0 Å². The largest absolute Gasteiger partial charge is 0.490 e.